The van der Waals surface area contributed by atoms with Gasteiger partial charge in [0, 0.05) is 32.7 Å². The van der Waals surface area contributed by atoms with E-state index in [-0.39, 0.29) is 36.1 Å². The molecule has 11 nitrogen and oxygen atoms in total. The van der Waals surface area contributed by atoms with Crippen molar-refractivity contribution in [2.24, 2.45) is 0 Å². The maximum Gasteiger partial charge on any atom is 0.353 e. The van der Waals surface area contributed by atoms with Crippen molar-refractivity contribution < 1.29 is 19.6 Å². The topological polar surface area (TPSA) is 134 Å². The number of nitrogens with one attached hydrogen (secondary N) is 1. The minimum Gasteiger partial charge on any atom is -0.462 e. The zero-order valence-corrected chi connectivity index (χ0v) is 16.7. The van der Waals surface area contributed by atoms with Gasteiger partial charge < -0.3 is 20.1 Å². The molecule has 1 fully saturated rings. The summed E-state index contributed by atoms with van der Waals surface area (Å²) in [6.07, 6.45) is 1.26. The van der Waals surface area contributed by atoms with Crippen molar-refractivity contribution in [3.63, 3.8) is 0 Å². The molecule has 0 radical (unpaired) electrons. The van der Waals surface area contributed by atoms with E-state index in [4.69, 9.17) is 9.84 Å². The lowest BCUT2D eigenvalue weighted by Gasteiger charge is -2.34. The second-order valence-electron chi connectivity index (χ2n) is 6.59. The van der Waals surface area contributed by atoms with Gasteiger partial charge >= 0.3 is 11.7 Å². The highest BCUT2D eigenvalue weighted by atomic mass is 16.6. The van der Waals surface area contributed by atoms with Crippen LogP contribution in [0.2, 0.25) is 0 Å². The van der Waals surface area contributed by atoms with E-state index in [1.165, 1.54) is 6.33 Å². The molecular weight excluding hydrogens is 392 g/mol. The Morgan fingerprint density at radius 3 is 2.67 bits per heavy atom. The van der Waals surface area contributed by atoms with Crippen molar-refractivity contribution in [1.82, 2.24) is 14.9 Å². The molecule has 2 heterocycles. The number of aromatic nitrogens is 2. The van der Waals surface area contributed by atoms with Crippen LogP contribution in [0, 0.1) is 10.1 Å². The van der Waals surface area contributed by atoms with E-state index in [9.17, 15) is 14.9 Å². The van der Waals surface area contributed by atoms with Crippen molar-refractivity contribution in [1.29, 1.82) is 0 Å². The maximum atomic E-state index is 12.2. The minimum atomic E-state index is -0.530. The molecule has 2 N–H and O–H groups in total. The lowest BCUT2D eigenvalue weighted by atomic mass is 10.1. The Morgan fingerprint density at radius 2 is 2.00 bits per heavy atom. The van der Waals surface area contributed by atoms with Crippen molar-refractivity contribution in [3.05, 3.63) is 46.3 Å². The normalized spacial score (nSPS) is 14.4. The number of esters is 1. The number of aliphatic hydroxyl groups excluding tert-OH is 1. The van der Waals surface area contributed by atoms with Crippen LogP contribution in [0.15, 0.2) is 30.6 Å². The van der Waals surface area contributed by atoms with Crippen LogP contribution in [0.4, 0.5) is 23.0 Å². The van der Waals surface area contributed by atoms with Crippen LogP contribution in [0.25, 0.3) is 0 Å². The second-order valence-corrected chi connectivity index (χ2v) is 6.59. The zero-order chi connectivity index (χ0) is 21.5. The van der Waals surface area contributed by atoms with E-state index >= 15 is 0 Å². The quantitative estimate of drug-likeness (QED) is 0.369. The summed E-state index contributed by atoms with van der Waals surface area (Å²) in [6.45, 7) is 4.96. The van der Waals surface area contributed by atoms with Crippen LogP contribution in [-0.2, 0) is 4.74 Å². The highest BCUT2D eigenvalue weighted by Crippen LogP contribution is 2.34. The first kappa shape index (κ1) is 21.4. The number of piperazine rings is 1. The third-order valence-corrected chi connectivity index (χ3v) is 4.75. The fourth-order valence-corrected chi connectivity index (χ4v) is 3.29. The predicted molar refractivity (Wildman–Crippen MR) is 110 cm³/mol. The van der Waals surface area contributed by atoms with Crippen molar-refractivity contribution in [3.8, 4) is 0 Å². The first-order valence-electron chi connectivity index (χ1n) is 9.65. The molecule has 1 aromatic carbocycles. The average molecular weight is 416 g/mol. The monoisotopic (exact) mass is 416 g/mol. The zero-order valence-electron chi connectivity index (χ0n) is 16.7. The molecule has 0 bridgehead atoms. The number of ether oxygens (including phenoxy) is 1. The van der Waals surface area contributed by atoms with Gasteiger partial charge in [0.15, 0.2) is 0 Å². The van der Waals surface area contributed by atoms with E-state index in [1.54, 1.807) is 31.2 Å². The van der Waals surface area contributed by atoms with Crippen LogP contribution in [0.1, 0.15) is 17.3 Å². The third-order valence-electron chi connectivity index (χ3n) is 4.75. The van der Waals surface area contributed by atoms with E-state index in [2.05, 4.69) is 20.2 Å². The molecule has 11 heteroatoms. The van der Waals surface area contributed by atoms with Crippen molar-refractivity contribution >= 4 is 29.0 Å². The van der Waals surface area contributed by atoms with Gasteiger partial charge in [0.25, 0.3) is 0 Å². The van der Waals surface area contributed by atoms with Crippen LogP contribution >= 0.6 is 0 Å². The van der Waals surface area contributed by atoms with Gasteiger partial charge in [-0.15, -0.1) is 0 Å². The van der Waals surface area contributed by atoms with Gasteiger partial charge in [-0.1, -0.05) is 12.1 Å². The number of benzene rings is 1. The summed E-state index contributed by atoms with van der Waals surface area (Å²) in [5, 5.41) is 23.9. The Labute approximate surface area is 173 Å². The molecule has 2 aromatic rings. The molecular formula is C19H24N6O5. The van der Waals surface area contributed by atoms with Crippen LogP contribution in [-0.4, -0.2) is 76.8 Å². The van der Waals surface area contributed by atoms with Gasteiger partial charge in [-0.25, -0.2) is 14.8 Å². The highest BCUT2D eigenvalue weighted by Gasteiger charge is 2.29. The standard InChI is InChI=1S/C19H24N6O5/c1-2-30-19(27)14-5-3-4-6-15(14)22-17-16(25(28)29)18(21-13-20-17)24-9-7-23(8-10-24)11-12-26/h3-6,13,26H,2,7-12H2,1H3,(H,20,21,22). The third kappa shape index (κ3) is 4.81. The second kappa shape index (κ2) is 9.94. The number of hydrogen-bond acceptors (Lipinski definition) is 10. The van der Waals surface area contributed by atoms with Gasteiger partial charge in [0.05, 0.1) is 29.4 Å². The number of hydrogen-bond donors (Lipinski definition) is 2. The Balaban J connectivity index is 1.90. The van der Waals surface area contributed by atoms with Gasteiger partial charge in [-0.3, -0.25) is 15.0 Å². The number of anilines is 3. The Morgan fingerprint density at radius 1 is 1.27 bits per heavy atom. The smallest absolute Gasteiger partial charge is 0.353 e. The first-order chi connectivity index (χ1) is 14.5. The summed E-state index contributed by atoms with van der Waals surface area (Å²) in [6, 6.07) is 6.60. The number of aliphatic hydroxyl groups is 1. The van der Waals surface area contributed by atoms with E-state index in [0.717, 1.165) is 0 Å². The largest absolute Gasteiger partial charge is 0.462 e. The molecule has 1 saturated heterocycles. The van der Waals surface area contributed by atoms with Crippen LogP contribution < -0.4 is 10.2 Å². The number of carbonyl (C=O) groups is 1. The lowest BCUT2D eigenvalue weighted by Crippen LogP contribution is -2.47. The SMILES string of the molecule is CCOC(=O)c1ccccc1Nc1ncnc(N2CCN(CCO)CC2)c1[N+](=O)[O-]. The molecule has 0 amide bonds. The number of nitrogens with zero attached hydrogens (tertiary/aromatic N) is 5. The van der Waals surface area contributed by atoms with E-state index in [1.807, 2.05) is 4.90 Å². The summed E-state index contributed by atoms with van der Waals surface area (Å²) < 4.78 is 5.06. The molecule has 0 saturated carbocycles. The number of β-amino-alcohol motifs (C(OH)–C–C–N with tert-alkyl or cyclic N) is 1. The Kier molecular flexibility index (Phi) is 7.09. The molecule has 30 heavy (non-hydrogen) atoms. The molecule has 0 atom stereocenters. The highest BCUT2D eigenvalue weighted by molar-refractivity contribution is 5.96. The Bertz CT molecular complexity index is 901. The summed E-state index contributed by atoms with van der Waals surface area (Å²) in [7, 11) is 0. The number of rotatable bonds is 8. The number of nitro groups is 1. The Hall–Kier alpha value is -3.31. The molecule has 1 aliphatic heterocycles. The van der Waals surface area contributed by atoms with Crippen molar-refractivity contribution in [2.45, 2.75) is 6.92 Å². The molecule has 160 valence electrons. The molecule has 0 aliphatic carbocycles. The molecule has 0 unspecified atom stereocenters. The fraction of sp³-hybridized carbons (Fsp3) is 0.421. The van der Waals surface area contributed by atoms with Gasteiger partial charge in [-0.05, 0) is 19.1 Å². The first-order valence-corrected chi connectivity index (χ1v) is 9.65. The number of para-hydroxylation sites is 1. The van der Waals surface area contributed by atoms with Crippen LogP contribution in [0.5, 0.6) is 0 Å². The lowest BCUT2D eigenvalue weighted by molar-refractivity contribution is -0.383. The van der Waals surface area contributed by atoms with Gasteiger partial charge in [-0.2, -0.15) is 0 Å². The van der Waals surface area contributed by atoms with Gasteiger partial charge in [0.2, 0.25) is 11.6 Å². The van der Waals surface area contributed by atoms with E-state index < -0.39 is 10.9 Å². The summed E-state index contributed by atoms with van der Waals surface area (Å²) >= 11 is 0. The minimum absolute atomic E-state index is 0.000429. The summed E-state index contributed by atoms with van der Waals surface area (Å²) in [4.78, 5) is 35.7. The number of carbonyl (C=O) groups excluding carboxylic acids is 1. The molecule has 0 spiro atoms. The van der Waals surface area contributed by atoms with Gasteiger partial charge in [0.1, 0.15) is 6.33 Å². The predicted octanol–water partition coefficient (Wildman–Crippen LogP) is 1.42. The molecule has 1 aliphatic rings. The molecule has 3 rings (SSSR count). The maximum absolute atomic E-state index is 12.2. The van der Waals surface area contributed by atoms with E-state index in [0.29, 0.717) is 38.4 Å². The summed E-state index contributed by atoms with van der Waals surface area (Å²) in [5.41, 5.74) is 0.356. The average Bonchev–Trinajstić information content (AvgIpc) is 2.75. The molecule has 1 aromatic heterocycles. The van der Waals surface area contributed by atoms with Crippen LogP contribution in [0.3, 0.4) is 0 Å². The summed E-state index contributed by atoms with van der Waals surface area (Å²) in [5.74, 6) is -0.313. The fourth-order valence-electron chi connectivity index (χ4n) is 3.29. The van der Waals surface area contributed by atoms with Crippen molar-refractivity contribution in [2.75, 3.05) is 56.2 Å².